The molecule has 0 bridgehead atoms. The van der Waals surface area contributed by atoms with Gasteiger partial charge in [-0.05, 0) is 48.8 Å². The molecule has 19 heavy (non-hydrogen) atoms. The maximum absolute atomic E-state index is 3.65. The Balaban J connectivity index is 2.06. The minimum absolute atomic E-state index is 0.637. The van der Waals surface area contributed by atoms with Gasteiger partial charge in [0.2, 0.25) is 0 Å². The number of hydrogen-bond donors (Lipinski definition) is 1. The van der Waals surface area contributed by atoms with Crippen LogP contribution in [0, 0.1) is 0 Å². The lowest BCUT2D eigenvalue weighted by Crippen LogP contribution is -2.29. The maximum Gasteiger partial charge on any atom is 0.00727 e. The molecule has 0 radical (unpaired) electrons. The van der Waals surface area contributed by atoms with Gasteiger partial charge in [-0.1, -0.05) is 57.9 Å². The van der Waals surface area contributed by atoms with Gasteiger partial charge in [-0.15, -0.1) is 0 Å². The predicted octanol–water partition coefficient (Wildman–Crippen LogP) is 4.84. The summed E-state index contributed by atoms with van der Waals surface area (Å²) in [6.45, 7) is 7.85. The van der Waals surface area contributed by atoms with Gasteiger partial charge in [-0.25, -0.2) is 0 Å². The average molecular weight is 259 g/mol. The Morgan fingerprint density at radius 3 is 2.42 bits per heavy atom. The second-order valence-electron chi connectivity index (χ2n) is 6.29. The summed E-state index contributed by atoms with van der Waals surface area (Å²) in [5.41, 5.74) is 3.01. The molecule has 0 spiro atoms. The third kappa shape index (κ3) is 4.07. The molecule has 1 aromatic rings. The molecule has 0 saturated heterocycles. The summed E-state index contributed by atoms with van der Waals surface area (Å²) in [6.07, 6.45) is 6.81. The molecule has 0 aromatic heterocycles. The fraction of sp³-hybridized carbons (Fsp3) is 0.667. The van der Waals surface area contributed by atoms with Crippen LogP contribution in [0.25, 0.3) is 0 Å². The molecule has 1 aliphatic rings. The lowest BCUT2D eigenvalue weighted by atomic mass is 9.89. The first kappa shape index (κ1) is 14.6. The Morgan fingerprint density at radius 2 is 1.79 bits per heavy atom. The SMILES string of the molecule is CCNC1CCCCC(c2ccc(C(C)C)cc2)C1. The Hall–Kier alpha value is -0.820. The van der Waals surface area contributed by atoms with E-state index in [1.165, 1.54) is 37.7 Å². The zero-order chi connectivity index (χ0) is 13.7. The highest BCUT2D eigenvalue weighted by atomic mass is 14.9. The van der Waals surface area contributed by atoms with E-state index in [1.807, 2.05) is 0 Å². The quantitative estimate of drug-likeness (QED) is 0.763. The van der Waals surface area contributed by atoms with Gasteiger partial charge in [-0.3, -0.25) is 0 Å². The van der Waals surface area contributed by atoms with Crippen molar-refractivity contribution in [2.24, 2.45) is 0 Å². The average Bonchev–Trinajstić information content (AvgIpc) is 2.65. The fourth-order valence-corrected chi connectivity index (χ4v) is 3.29. The molecule has 2 unspecified atom stereocenters. The lowest BCUT2D eigenvalue weighted by molar-refractivity contribution is 0.449. The number of hydrogen-bond acceptors (Lipinski definition) is 1. The zero-order valence-electron chi connectivity index (χ0n) is 12.8. The molecule has 1 N–H and O–H groups in total. The van der Waals surface area contributed by atoms with Crippen LogP contribution in [0.15, 0.2) is 24.3 Å². The van der Waals surface area contributed by atoms with Crippen molar-refractivity contribution in [3.05, 3.63) is 35.4 Å². The summed E-state index contributed by atoms with van der Waals surface area (Å²) >= 11 is 0. The first-order valence-electron chi connectivity index (χ1n) is 8.04. The molecule has 2 rings (SSSR count). The number of rotatable bonds is 4. The monoisotopic (exact) mass is 259 g/mol. The van der Waals surface area contributed by atoms with Crippen molar-refractivity contribution in [1.29, 1.82) is 0 Å². The summed E-state index contributed by atoms with van der Waals surface area (Å²) in [7, 11) is 0. The van der Waals surface area contributed by atoms with Crippen LogP contribution in [0.3, 0.4) is 0 Å². The van der Waals surface area contributed by atoms with Crippen molar-refractivity contribution in [2.45, 2.75) is 70.8 Å². The van der Waals surface area contributed by atoms with Gasteiger partial charge in [0.1, 0.15) is 0 Å². The molecule has 0 aliphatic heterocycles. The fourth-order valence-electron chi connectivity index (χ4n) is 3.29. The maximum atomic E-state index is 3.65. The van der Waals surface area contributed by atoms with Crippen molar-refractivity contribution in [3.63, 3.8) is 0 Å². The van der Waals surface area contributed by atoms with E-state index in [0.717, 1.165) is 18.5 Å². The van der Waals surface area contributed by atoms with Gasteiger partial charge in [-0.2, -0.15) is 0 Å². The lowest BCUT2D eigenvalue weighted by Gasteiger charge is -2.21. The molecular formula is C18H29N. The highest BCUT2D eigenvalue weighted by molar-refractivity contribution is 5.27. The van der Waals surface area contributed by atoms with Crippen LogP contribution >= 0.6 is 0 Å². The van der Waals surface area contributed by atoms with E-state index in [-0.39, 0.29) is 0 Å². The van der Waals surface area contributed by atoms with E-state index in [4.69, 9.17) is 0 Å². The third-order valence-electron chi connectivity index (χ3n) is 4.49. The van der Waals surface area contributed by atoms with Gasteiger partial charge in [0.05, 0.1) is 0 Å². The Bertz CT molecular complexity index is 366. The summed E-state index contributed by atoms with van der Waals surface area (Å²) in [5.74, 6) is 1.39. The van der Waals surface area contributed by atoms with Gasteiger partial charge in [0, 0.05) is 6.04 Å². The number of nitrogens with one attached hydrogen (secondary N) is 1. The molecule has 0 amide bonds. The van der Waals surface area contributed by atoms with E-state index < -0.39 is 0 Å². The summed E-state index contributed by atoms with van der Waals surface area (Å²) < 4.78 is 0. The molecule has 1 heteroatoms. The molecule has 0 heterocycles. The minimum atomic E-state index is 0.637. The predicted molar refractivity (Wildman–Crippen MR) is 83.8 cm³/mol. The van der Waals surface area contributed by atoms with E-state index >= 15 is 0 Å². The smallest absolute Gasteiger partial charge is 0.00727 e. The normalized spacial score (nSPS) is 24.4. The topological polar surface area (TPSA) is 12.0 Å². The molecular weight excluding hydrogens is 230 g/mol. The largest absolute Gasteiger partial charge is 0.314 e. The van der Waals surface area contributed by atoms with Crippen LogP contribution in [-0.4, -0.2) is 12.6 Å². The van der Waals surface area contributed by atoms with Crippen LogP contribution in [0.4, 0.5) is 0 Å². The van der Waals surface area contributed by atoms with E-state index in [1.54, 1.807) is 5.56 Å². The van der Waals surface area contributed by atoms with Crippen molar-refractivity contribution < 1.29 is 0 Å². The van der Waals surface area contributed by atoms with Crippen LogP contribution in [0.5, 0.6) is 0 Å². The minimum Gasteiger partial charge on any atom is -0.314 e. The van der Waals surface area contributed by atoms with Gasteiger partial charge < -0.3 is 5.32 Å². The van der Waals surface area contributed by atoms with Crippen molar-refractivity contribution >= 4 is 0 Å². The second-order valence-corrected chi connectivity index (χ2v) is 6.29. The highest BCUT2D eigenvalue weighted by Gasteiger charge is 2.20. The first-order chi connectivity index (χ1) is 9.20. The van der Waals surface area contributed by atoms with Gasteiger partial charge >= 0.3 is 0 Å². The first-order valence-corrected chi connectivity index (χ1v) is 8.04. The molecule has 2 atom stereocenters. The second kappa shape index (κ2) is 7.09. The molecule has 1 saturated carbocycles. The van der Waals surface area contributed by atoms with E-state index in [9.17, 15) is 0 Å². The summed E-state index contributed by atoms with van der Waals surface area (Å²) in [4.78, 5) is 0. The van der Waals surface area contributed by atoms with Crippen LogP contribution in [0.2, 0.25) is 0 Å². The van der Waals surface area contributed by atoms with Gasteiger partial charge in [0.25, 0.3) is 0 Å². The molecule has 1 nitrogen and oxygen atoms in total. The van der Waals surface area contributed by atoms with E-state index in [0.29, 0.717) is 5.92 Å². The van der Waals surface area contributed by atoms with Crippen LogP contribution < -0.4 is 5.32 Å². The Labute approximate surface area is 118 Å². The highest BCUT2D eigenvalue weighted by Crippen LogP contribution is 2.32. The Kier molecular flexibility index (Phi) is 5.45. The third-order valence-corrected chi connectivity index (χ3v) is 4.49. The molecule has 1 aromatic carbocycles. The Morgan fingerprint density at radius 1 is 1.11 bits per heavy atom. The standard InChI is InChI=1S/C18H29N/c1-4-19-18-8-6-5-7-17(13-18)16-11-9-15(10-12-16)14(2)3/h9-12,14,17-19H,4-8,13H2,1-3H3. The van der Waals surface area contributed by atoms with E-state index in [2.05, 4.69) is 50.4 Å². The van der Waals surface area contributed by atoms with Crippen LogP contribution in [-0.2, 0) is 0 Å². The molecule has 106 valence electrons. The van der Waals surface area contributed by atoms with Crippen molar-refractivity contribution in [2.75, 3.05) is 6.54 Å². The van der Waals surface area contributed by atoms with Crippen molar-refractivity contribution in [1.82, 2.24) is 5.32 Å². The number of benzene rings is 1. The van der Waals surface area contributed by atoms with Crippen molar-refractivity contribution in [3.8, 4) is 0 Å². The molecule has 1 aliphatic carbocycles. The molecule has 1 fully saturated rings. The van der Waals surface area contributed by atoms with Crippen LogP contribution in [0.1, 0.15) is 75.8 Å². The summed E-state index contributed by atoms with van der Waals surface area (Å²) in [5, 5.41) is 3.65. The summed E-state index contributed by atoms with van der Waals surface area (Å²) in [6, 6.07) is 10.1. The zero-order valence-corrected chi connectivity index (χ0v) is 12.8. The van der Waals surface area contributed by atoms with Gasteiger partial charge in [0.15, 0.2) is 0 Å².